The van der Waals surface area contributed by atoms with E-state index in [-0.39, 0.29) is 6.04 Å². The third-order valence-corrected chi connectivity index (χ3v) is 3.84. The standard InChI is InChI=1S/C16H19BrN2/c1-3-18-16(13-7-9-14(17)10-8-13)12(2)15-6-4-5-11-19-15/h4-12,16,18H,3H2,1-2H3. The molecule has 0 spiro atoms. The molecule has 19 heavy (non-hydrogen) atoms. The van der Waals surface area contributed by atoms with E-state index in [1.807, 2.05) is 18.3 Å². The molecule has 100 valence electrons. The number of nitrogens with zero attached hydrogens (tertiary/aromatic N) is 1. The molecule has 0 fully saturated rings. The highest BCUT2D eigenvalue weighted by Crippen LogP contribution is 2.30. The van der Waals surface area contributed by atoms with Gasteiger partial charge in [-0.1, -0.05) is 48.0 Å². The maximum absolute atomic E-state index is 4.48. The molecule has 3 heteroatoms. The summed E-state index contributed by atoms with van der Waals surface area (Å²) in [5.74, 6) is 0.335. The second-order valence-electron chi connectivity index (χ2n) is 4.63. The van der Waals surface area contributed by atoms with Crippen LogP contribution in [0.15, 0.2) is 53.1 Å². The van der Waals surface area contributed by atoms with E-state index in [0.717, 1.165) is 16.7 Å². The summed E-state index contributed by atoms with van der Waals surface area (Å²) in [6.45, 7) is 5.30. The molecule has 2 unspecified atom stereocenters. The lowest BCUT2D eigenvalue weighted by atomic mass is 9.91. The molecule has 0 radical (unpaired) electrons. The van der Waals surface area contributed by atoms with Crippen LogP contribution in [-0.4, -0.2) is 11.5 Å². The molecule has 2 nitrogen and oxygen atoms in total. The number of likely N-dealkylation sites (N-methyl/N-ethyl adjacent to an activating group) is 1. The van der Waals surface area contributed by atoms with Crippen molar-refractivity contribution in [3.63, 3.8) is 0 Å². The van der Waals surface area contributed by atoms with Crippen molar-refractivity contribution in [1.82, 2.24) is 10.3 Å². The summed E-state index contributed by atoms with van der Waals surface area (Å²) < 4.78 is 1.11. The number of nitrogens with one attached hydrogen (secondary N) is 1. The summed E-state index contributed by atoms with van der Waals surface area (Å²) in [7, 11) is 0. The fourth-order valence-electron chi connectivity index (χ4n) is 2.29. The van der Waals surface area contributed by atoms with Gasteiger partial charge in [0, 0.05) is 28.3 Å². The van der Waals surface area contributed by atoms with Gasteiger partial charge in [0.25, 0.3) is 0 Å². The molecular weight excluding hydrogens is 300 g/mol. The maximum Gasteiger partial charge on any atom is 0.0450 e. The Morgan fingerprint density at radius 1 is 1.16 bits per heavy atom. The number of halogens is 1. The number of benzene rings is 1. The molecule has 0 saturated carbocycles. The van der Waals surface area contributed by atoms with E-state index < -0.39 is 0 Å². The lowest BCUT2D eigenvalue weighted by Crippen LogP contribution is -2.26. The monoisotopic (exact) mass is 318 g/mol. The van der Waals surface area contributed by atoms with E-state index in [1.165, 1.54) is 5.56 Å². The lowest BCUT2D eigenvalue weighted by molar-refractivity contribution is 0.472. The third-order valence-electron chi connectivity index (χ3n) is 3.31. The SMILES string of the molecule is CCNC(c1ccc(Br)cc1)C(C)c1ccccn1. The Bertz CT molecular complexity index is 496. The van der Waals surface area contributed by atoms with Crippen LogP contribution in [0.1, 0.15) is 37.1 Å². The molecule has 0 aliphatic heterocycles. The molecule has 2 aromatic rings. The van der Waals surface area contributed by atoms with E-state index in [4.69, 9.17) is 0 Å². The summed E-state index contributed by atoms with van der Waals surface area (Å²) in [4.78, 5) is 4.48. The van der Waals surface area contributed by atoms with Crippen molar-refractivity contribution in [2.24, 2.45) is 0 Å². The minimum atomic E-state index is 0.285. The average Bonchev–Trinajstić information content (AvgIpc) is 2.46. The third kappa shape index (κ3) is 3.64. The topological polar surface area (TPSA) is 24.9 Å². The molecule has 0 bridgehead atoms. The van der Waals surface area contributed by atoms with Gasteiger partial charge in [-0.3, -0.25) is 4.98 Å². The number of rotatable bonds is 5. The van der Waals surface area contributed by atoms with Crippen LogP contribution in [0.2, 0.25) is 0 Å². The quantitative estimate of drug-likeness (QED) is 0.889. The minimum absolute atomic E-state index is 0.285. The minimum Gasteiger partial charge on any atom is -0.310 e. The van der Waals surface area contributed by atoms with Gasteiger partial charge < -0.3 is 5.32 Å². The van der Waals surface area contributed by atoms with Gasteiger partial charge in [0.2, 0.25) is 0 Å². The van der Waals surface area contributed by atoms with Gasteiger partial charge in [-0.25, -0.2) is 0 Å². The molecule has 0 saturated heterocycles. The zero-order valence-electron chi connectivity index (χ0n) is 11.3. The summed E-state index contributed by atoms with van der Waals surface area (Å²) in [5, 5.41) is 3.56. The van der Waals surface area contributed by atoms with E-state index >= 15 is 0 Å². The van der Waals surface area contributed by atoms with E-state index in [1.54, 1.807) is 0 Å². The van der Waals surface area contributed by atoms with Crippen molar-refractivity contribution < 1.29 is 0 Å². The first-order chi connectivity index (χ1) is 9.22. The molecule has 2 atom stereocenters. The smallest absolute Gasteiger partial charge is 0.0450 e. The Morgan fingerprint density at radius 3 is 2.47 bits per heavy atom. The van der Waals surface area contributed by atoms with E-state index in [9.17, 15) is 0 Å². The average molecular weight is 319 g/mol. The Morgan fingerprint density at radius 2 is 1.89 bits per heavy atom. The highest BCUT2D eigenvalue weighted by molar-refractivity contribution is 9.10. The number of hydrogen-bond acceptors (Lipinski definition) is 2. The van der Waals surface area contributed by atoms with Crippen molar-refractivity contribution >= 4 is 15.9 Å². The molecule has 0 aliphatic carbocycles. The summed E-state index contributed by atoms with van der Waals surface area (Å²) in [6.07, 6.45) is 1.86. The Labute approximate surface area is 123 Å². The molecule has 1 N–H and O–H groups in total. The molecule has 1 aromatic carbocycles. The molecule has 0 amide bonds. The number of hydrogen-bond donors (Lipinski definition) is 1. The van der Waals surface area contributed by atoms with E-state index in [2.05, 4.69) is 70.4 Å². The maximum atomic E-state index is 4.48. The lowest BCUT2D eigenvalue weighted by Gasteiger charge is -2.25. The van der Waals surface area contributed by atoms with Crippen molar-refractivity contribution in [3.05, 3.63) is 64.4 Å². The first-order valence-corrected chi connectivity index (χ1v) is 7.41. The van der Waals surface area contributed by atoms with Gasteiger partial charge in [0.05, 0.1) is 0 Å². The fourth-order valence-corrected chi connectivity index (χ4v) is 2.55. The number of pyridine rings is 1. The van der Waals surface area contributed by atoms with Crippen LogP contribution >= 0.6 is 15.9 Å². The van der Waals surface area contributed by atoms with Gasteiger partial charge in [0.1, 0.15) is 0 Å². The molecule has 1 aromatic heterocycles. The molecule has 1 heterocycles. The zero-order valence-corrected chi connectivity index (χ0v) is 12.9. The predicted molar refractivity (Wildman–Crippen MR) is 83.2 cm³/mol. The highest BCUT2D eigenvalue weighted by Gasteiger charge is 2.20. The van der Waals surface area contributed by atoms with Crippen LogP contribution in [0.3, 0.4) is 0 Å². The normalized spacial score (nSPS) is 14.1. The van der Waals surface area contributed by atoms with Gasteiger partial charge in [-0.05, 0) is 36.4 Å². The first kappa shape index (κ1) is 14.2. The van der Waals surface area contributed by atoms with Crippen molar-refractivity contribution in [1.29, 1.82) is 0 Å². The predicted octanol–water partition coefficient (Wildman–Crippen LogP) is 4.30. The van der Waals surface area contributed by atoms with Crippen LogP contribution in [0.5, 0.6) is 0 Å². The van der Waals surface area contributed by atoms with Crippen LogP contribution in [0.25, 0.3) is 0 Å². The van der Waals surface area contributed by atoms with Gasteiger partial charge in [-0.15, -0.1) is 0 Å². The Kier molecular flexibility index (Phi) is 5.11. The van der Waals surface area contributed by atoms with Crippen LogP contribution in [-0.2, 0) is 0 Å². The molecular formula is C16H19BrN2. The van der Waals surface area contributed by atoms with Gasteiger partial charge >= 0.3 is 0 Å². The highest BCUT2D eigenvalue weighted by atomic mass is 79.9. The van der Waals surface area contributed by atoms with Gasteiger partial charge in [-0.2, -0.15) is 0 Å². The fraction of sp³-hybridized carbons (Fsp3) is 0.312. The summed E-state index contributed by atoms with van der Waals surface area (Å²) >= 11 is 3.48. The van der Waals surface area contributed by atoms with Crippen LogP contribution in [0.4, 0.5) is 0 Å². The zero-order chi connectivity index (χ0) is 13.7. The second-order valence-corrected chi connectivity index (χ2v) is 5.55. The molecule has 0 aliphatic rings. The van der Waals surface area contributed by atoms with Gasteiger partial charge in [0.15, 0.2) is 0 Å². The second kappa shape index (κ2) is 6.83. The molecule has 2 rings (SSSR count). The Hall–Kier alpha value is -1.19. The van der Waals surface area contributed by atoms with Crippen molar-refractivity contribution in [3.8, 4) is 0 Å². The summed E-state index contributed by atoms with van der Waals surface area (Å²) in [5.41, 5.74) is 2.42. The number of aromatic nitrogens is 1. The van der Waals surface area contributed by atoms with Crippen molar-refractivity contribution in [2.75, 3.05) is 6.54 Å². The first-order valence-electron chi connectivity index (χ1n) is 6.62. The van der Waals surface area contributed by atoms with E-state index in [0.29, 0.717) is 5.92 Å². The summed E-state index contributed by atoms with van der Waals surface area (Å²) in [6, 6.07) is 14.9. The van der Waals surface area contributed by atoms with Crippen LogP contribution in [0, 0.1) is 0 Å². The Balaban J connectivity index is 2.27. The van der Waals surface area contributed by atoms with Crippen molar-refractivity contribution in [2.45, 2.75) is 25.8 Å². The largest absolute Gasteiger partial charge is 0.310 e. The van der Waals surface area contributed by atoms with Crippen LogP contribution < -0.4 is 5.32 Å².